The van der Waals surface area contributed by atoms with Crippen molar-refractivity contribution in [1.82, 2.24) is 15.2 Å². The highest BCUT2D eigenvalue weighted by Gasteiger charge is 2.30. The lowest BCUT2D eigenvalue weighted by Gasteiger charge is -2.35. The van der Waals surface area contributed by atoms with Crippen molar-refractivity contribution in [3.8, 4) is 0 Å². The highest BCUT2D eigenvalue weighted by molar-refractivity contribution is 5.67. The molecule has 0 radical (unpaired) electrons. The van der Waals surface area contributed by atoms with Crippen LogP contribution >= 0.6 is 0 Å². The minimum Gasteiger partial charge on any atom is -0.365 e. The Balaban J connectivity index is 1.19. The molecule has 4 rings (SSSR count). The molecule has 1 aromatic carbocycles. The van der Waals surface area contributed by atoms with Gasteiger partial charge in [-0.05, 0) is 61.8 Å². The van der Waals surface area contributed by atoms with E-state index in [1.807, 2.05) is 12.3 Å². The molecule has 0 atom stereocenters. The first-order valence-corrected chi connectivity index (χ1v) is 10.5. The van der Waals surface area contributed by atoms with Gasteiger partial charge in [0.2, 0.25) is 0 Å². The summed E-state index contributed by atoms with van der Waals surface area (Å²) in [4.78, 5) is 9.29. The van der Waals surface area contributed by atoms with Crippen LogP contribution in [0.3, 0.4) is 0 Å². The number of anilines is 1. The van der Waals surface area contributed by atoms with E-state index in [4.69, 9.17) is 0 Å². The molecule has 4 nitrogen and oxygen atoms in total. The second-order valence-corrected chi connectivity index (χ2v) is 7.95. The molecule has 7 heteroatoms. The number of alkyl halides is 3. The van der Waals surface area contributed by atoms with Gasteiger partial charge in [-0.1, -0.05) is 18.2 Å². The van der Waals surface area contributed by atoms with E-state index in [1.54, 1.807) is 12.1 Å². The fraction of sp³-hybridized carbons (Fsp3) is 0.435. The highest BCUT2D eigenvalue weighted by Crippen LogP contribution is 2.29. The maximum atomic E-state index is 12.7. The maximum Gasteiger partial charge on any atom is 0.416 e. The number of aromatic nitrogens is 1. The third-order valence-corrected chi connectivity index (χ3v) is 5.91. The number of benzene rings is 1. The third-order valence-electron chi connectivity index (χ3n) is 5.91. The quantitative estimate of drug-likeness (QED) is 0.765. The van der Waals surface area contributed by atoms with E-state index in [0.717, 1.165) is 69.0 Å². The molecular formula is C23H27F3N4. The Morgan fingerprint density at radius 1 is 1.03 bits per heavy atom. The Bertz CT molecular complexity index is 855. The van der Waals surface area contributed by atoms with E-state index in [-0.39, 0.29) is 0 Å². The summed E-state index contributed by atoms with van der Waals surface area (Å²) >= 11 is 0. The van der Waals surface area contributed by atoms with Crippen molar-refractivity contribution in [3.63, 3.8) is 0 Å². The Kier molecular flexibility index (Phi) is 6.39. The lowest BCUT2D eigenvalue weighted by atomic mass is 10.0. The van der Waals surface area contributed by atoms with Crippen molar-refractivity contribution in [3.05, 3.63) is 65.5 Å². The number of rotatable bonds is 6. The molecule has 0 saturated carbocycles. The summed E-state index contributed by atoms with van der Waals surface area (Å²) in [6, 6.07) is 9.95. The fourth-order valence-corrected chi connectivity index (χ4v) is 4.10. The van der Waals surface area contributed by atoms with Crippen LogP contribution in [0.5, 0.6) is 0 Å². The number of hydrogen-bond donors (Lipinski definition) is 1. The van der Waals surface area contributed by atoms with Crippen molar-refractivity contribution in [1.29, 1.82) is 0 Å². The van der Waals surface area contributed by atoms with Crippen molar-refractivity contribution >= 4 is 11.8 Å². The Hall–Kier alpha value is -2.38. The first-order valence-electron chi connectivity index (χ1n) is 10.5. The number of halogens is 3. The molecule has 0 spiro atoms. The summed E-state index contributed by atoms with van der Waals surface area (Å²) in [5, 5.41) is 3.50. The number of hydrogen-bond acceptors (Lipinski definition) is 4. The molecule has 160 valence electrons. The molecule has 1 fully saturated rings. The van der Waals surface area contributed by atoms with E-state index in [9.17, 15) is 13.2 Å². The second-order valence-electron chi connectivity index (χ2n) is 7.95. The van der Waals surface area contributed by atoms with Crippen molar-refractivity contribution in [2.75, 3.05) is 37.6 Å². The Labute approximate surface area is 175 Å². The van der Waals surface area contributed by atoms with Crippen molar-refractivity contribution in [2.24, 2.45) is 0 Å². The zero-order valence-electron chi connectivity index (χ0n) is 16.9. The first-order chi connectivity index (χ1) is 14.5. The number of pyridine rings is 1. The monoisotopic (exact) mass is 416 g/mol. The van der Waals surface area contributed by atoms with Crippen LogP contribution in [-0.4, -0.2) is 48.6 Å². The summed E-state index contributed by atoms with van der Waals surface area (Å²) in [5.74, 6) is 0. The van der Waals surface area contributed by atoms with Crippen LogP contribution in [0.2, 0.25) is 0 Å². The molecule has 0 aliphatic carbocycles. The first kappa shape index (κ1) is 20.9. The average molecular weight is 416 g/mol. The van der Waals surface area contributed by atoms with E-state index in [2.05, 4.69) is 38.3 Å². The molecule has 1 N–H and O–H groups in total. The molecule has 0 amide bonds. The molecule has 2 aromatic rings. The van der Waals surface area contributed by atoms with Crippen LogP contribution in [-0.2, 0) is 12.7 Å². The third kappa shape index (κ3) is 5.21. The maximum absolute atomic E-state index is 12.7. The molecule has 2 aliphatic rings. The van der Waals surface area contributed by atoms with Crippen LogP contribution < -0.4 is 10.2 Å². The number of piperidine rings is 1. The van der Waals surface area contributed by atoms with Crippen LogP contribution in [0.4, 0.5) is 18.9 Å². The number of fused-ring (bicyclic) bond motifs is 1. The van der Waals surface area contributed by atoms with Gasteiger partial charge >= 0.3 is 6.18 Å². The van der Waals surface area contributed by atoms with Gasteiger partial charge in [0.25, 0.3) is 0 Å². The predicted octanol–water partition coefficient (Wildman–Crippen LogP) is 4.19. The number of nitrogens with one attached hydrogen (secondary N) is 1. The van der Waals surface area contributed by atoms with E-state index >= 15 is 0 Å². The van der Waals surface area contributed by atoms with Gasteiger partial charge in [0.05, 0.1) is 16.9 Å². The highest BCUT2D eigenvalue weighted by atomic mass is 19.4. The summed E-state index contributed by atoms with van der Waals surface area (Å²) in [6.45, 7) is 5.60. The molecule has 0 unspecified atom stereocenters. The van der Waals surface area contributed by atoms with E-state index in [0.29, 0.717) is 12.6 Å². The molecule has 1 saturated heterocycles. The SMILES string of the molecule is FC(F)(F)c1ccc(CNC2CCN(CCN3CC=Cc4ncccc43)CC2)cc1. The molecular weight excluding hydrogens is 389 g/mol. The van der Waals surface area contributed by atoms with Crippen LogP contribution in [0.1, 0.15) is 29.7 Å². The van der Waals surface area contributed by atoms with Gasteiger partial charge in [0.15, 0.2) is 0 Å². The van der Waals surface area contributed by atoms with Gasteiger partial charge in [-0.25, -0.2) is 0 Å². The second kappa shape index (κ2) is 9.18. The molecule has 0 bridgehead atoms. The standard InChI is InChI=1S/C23H27F3N4/c24-23(25,26)19-7-5-18(6-8-19)17-28-20-9-13-29(14-10-20)15-16-30-12-2-3-21-22(30)4-1-11-27-21/h1-8,11,20,28H,9-10,12-17H2. The van der Waals surface area contributed by atoms with Gasteiger partial charge in [-0.3, -0.25) is 4.98 Å². The van der Waals surface area contributed by atoms with Crippen molar-refractivity contribution in [2.45, 2.75) is 31.6 Å². The summed E-state index contributed by atoms with van der Waals surface area (Å²) in [7, 11) is 0. The van der Waals surface area contributed by atoms with E-state index in [1.165, 1.54) is 5.69 Å². The number of nitrogens with zero attached hydrogens (tertiary/aromatic N) is 3. The average Bonchev–Trinajstić information content (AvgIpc) is 2.76. The predicted molar refractivity (Wildman–Crippen MR) is 113 cm³/mol. The Morgan fingerprint density at radius 2 is 1.80 bits per heavy atom. The Morgan fingerprint density at radius 3 is 2.53 bits per heavy atom. The normalized spacial score (nSPS) is 17.9. The smallest absolute Gasteiger partial charge is 0.365 e. The summed E-state index contributed by atoms with van der Waals surface area (Å²) < 4.78 is 38.0. The van der Waals surface area contributed by atoms with Gasteiger partial charge in [0, 0.05) is 38.4 Å². The van der Waals surface area contributed by atoms with Crippen LogP contribution in [0, 0.1) is 0 Å². The lowest BCUT2D eigenvalue weighted by molar-refractivity contribution is -0.137. The molecule has 30 heavy (non-hydrogen) atoms. The van der Waals surface area contributed by atoms with Crippen molar-refractivity contribution < 1.29 is 13.2 Å². The van der Waals surface area contributed by atoms with E-state index < -0.39 is 11.7 Å². The zero-order chi connectivity index (χ0) is 21.0. The summed E-state index contributed by atoms with van der Waals surface area (Å²) in [6.07, 6.45) is 3.90. The minimum atomic E-state index is -4.28. The zero-order valence-corrected chi connectivity index (χ0v) is 16.9. The molecule has 1 aromatic heterocycles. The molecule has 2 aliphatic heterocycles. The summed E-state index contributed by atoms with van der Waals surface area (Å²) in [5.41, 5.74) is 2.53. The van der Waals surface area contributed by atoms with Gasteiger partial charge in [0.1, 0.15) is 0 Å². The number of likely N-dealkylation sites (tertiary alicyclic amines) is 1. The lowest BCUT2D eigenvalue weighted by Crippen LogP contribution is -2.45. The van der Waals surface area contributed by atoms with Crippen LogP contribution in [0.15, 0.2) is 48.7 Å². The molecule has 3 heterocycles. The largest absolute Gasteiger partial charge is 0.416 e. The van der Waals surface area contributed by atoms with Gasteiger partial charge in [-0.2, -0.15) is 13.2 Å². The fourth-order valence-electron chi connectivity index (χ4n) is 4.10. The van der Waals surface area contributed by atoms with Gasteiger partial charge in [-0.15, -0.1) is 0 Å². The van der Waals surface area contributed by atoms with Gasteiger partial charge < -0.3 is 15.1 Å². The minimum absolute atomic E-state index is 0.409. The topological polar surface area (TPSA) is 31.4 Å². The van der Waals surface area contributed by atoms with Crippen LogP contribution in [0.25, 0.3) is 6.08 Å².